The summed E-state index contributed by atoms with van der Waals surface area (Å²) < 4.78 is 11.4. The van der Waals surface area contributed by atoms with Gasteiger partial charge in [0.25, 0.3) is 0 Å². The van der Waals surface area contributed by atoms with Crippen LogP contribution in [0.1, 0.15) is 13.2 Å². The number of methoxy groups -OCH3 is 1. The Kier molecular flexibility index (Phi) is 4.43. The number of rotatable bonds is 4. The molecule has 0 spiro atoms. The highest BCUT2D eigenvalue weighted by atomic mass is 16.6. The van der Waals surface area contributed by atoms with Gasteiger partial charge in [-0.2, -0.15) is 0 Å². The summed E-state index contributed by atoms with van der Waals surface area (Å²) in [6.07, 6.45) is -1.40. The van der Waals surface area contributed by atoms with Crippen molar-refractivity contribution in [3.63, 3.8) is 0 Å². The highest BCUT2D eigenvalue weighted by molar-refractivity contribution is 5.83. The van der Waals surface area contributed by atoms with Gasteiger partial charge >= 0.3 is 6.09 Å². The summed E-state index contributed by atoms with van der Waals surface area (Å²) in [5.74, 6) is 0.200. The number of aliphatic hydroxyl groups is 3. The van der Waals surface area contributed by atoms with Gasteiger partial charge in [0, 0.05) is 0 Å². The predicted octanol–water partition coefficient (Wildman–Crippen LogP) is -1.49. The number of nitrogens with one attached hydrogen (secondary N) is 2. The summed E-state index contributed by atoms with van der Waals surface area (Å²) in [5.41, 5.74) is 3.71. The lowest BCUT2D eigenvalue weighted by molar-refractivity contribution is -0.0950. The van der Waals surface area contributed by atoms with Crippen LogP contribution in [-0.4, -0.2) is 72.5 Å². The second kappa shape index (κ2) is 6.40. The maximum absolute atomic E-state index is 11.2. The number of nitrogens with zero attached hydrogens (tertiary/aromatic N) is 4. The SMILES string of the molecule is COC(=O)NNc1ncnc2c1ncn2[C@@H]1O[C@H](CO)[C@@H](O)[C@@]1(C)O. The summed E-state index contributed by atoms with van der Waals surface area (Å²) in [5, 5.41) is 30.0. The Morgan fingerprint density at radius 1 is 1.48 bits per heavy atom. The summed E-state index contributed by atoms with van der Waals surface area (Å²) in [7, 11) is 1.21. The minimum Gasteiger partial charge on any atom is -0.452 e. The Labute approximate surface area is 141 Å². The predicted molar refractivity (Wildman–Crippen MR) is 82.1 cm³/mol. The molecule has 0 saturated carbocycles. The molecule has 0 radical (unpaired) electrons. The topological polar surface area (TPSA) is 164 Å². The van der Waals surface area contributed by atoms with E-state index in [-0.39, 0.29) is 5.82 Å². The lowest BCUT2D eigenvalue weighted by Crippen LogP contribution is -2.44. The van der Waals surface area contributed by atoms with Crippen LogP contribution in [0.15, 0.2) is 12.7 Å². The lowest BCUT2D eigenvalue weighted by Gasteiger charge is -2.27. The van der Waals surface area contributed by atoms with E-state index in [1.54, 1.807) is 0 Å². The van der Waals surface area contributed by atoms with Crippen molar-refractivity contribution < 1.29 is 29.6 Å². The number of hydrogen-bond donors (Lipinski definition) is 5. The van der Waals surface area contributed by atoms with Gasteiger partial charge < -0.3 is 24.8 Å². The number of aliphatic hydroxyl groups excluding tert-OH is 2. The second-order valence-electron chi connectivity index (χ2n) is 5.67. The molecule has 5 N–H and O–H groups in total. The third-order valence-electron chi connectivity index (χ3n) is 4.01. The van der Waals surface area contributed by atoms with Gasteiger partial charge in [-0.15, -0.1) is 0 Å². The smallest absolute Gasteiger partial charge is 0.425 e. The van der Waals surface area contributed by atoms with Crippen LogP contribution < -0.4 is 10.9 Å². The molecular formula is C13H18N6O6. The van der Waals surface area contributed by atoms with Gasteiger partial charge in [-0.3, -0.25) is 9.99 Å². The van der Waals surface area contributed by atoms with E-state index in [1.807, 2.05) is 0 Å². The Hall–Kier alpha value is -2.54. The van der Waals surface area contributed by atoms with Crippen molar-refractivity contribution in [1.29, 1.82) is 0 Å². The van der Waals surface area contributed by atoms with Gasteiger partial charge in [0.2, 0.25) is 0 Å². The fourth-order valence-corrected chi connectivity index (χ4v) is 2.67. The fraction of sp³-hybridized carbons (Fsp3) is 0.538. The fourth-order valence-electron chi connectivity index (χ4n) is 2.67. The first-order chi connectivity index (χ1) is 11.9. The molecule has 1 aliphatic rings. The van der Waals surface area contributed by atoms with E-state index in [4.69, 9.17) is 4.74 Å². The first-order valence-corrected chi connectivity index (χ1v) is 7.34. The third kappa shape index (κ3) is 2.84. The number of carbonyl (C=O) groups is 1. The van der Waals surface area contributed by atoms with E-state index in [2.05, 4.69) is 30.5 Å². The average Bonchev–Trinajstić information content (AvgIpc) is 3.12. The number of anilines is 1. The van der Waals surface area contributed by atoms with Gasteiger partial charge in [-0.05, 0) is 6.92 Å². The molecule has 12 nitrogen and oxygen atoms in total. The molecule has 0 bridgehead atoms. The van der Waals surface area contributed by atoms with Crippen molar-refractivity contribution >= 4 is 23.1 Å². The number of hydrogen-bond acceptors (Lipinski definition) is 10. The number of aromatic nitrogens is 4. The number of carbonyl (C=O) groups excluding carboxylic acids is 1. The number of ether oxygens (including phenoxy) is 2. The van der Waals surface area contributed by atoms with Crippen LogP contribution in [0.2, 0.25) is 0 Å². The van der Waals surface area contributed by atoms with Crippen molar-refractivity contribution in [2.24, 2.45) is 0 Å². The van der Waals surface area contributed by atoms with Crippen molar-refractivity contribution in [1.82, 2.24) is 24.9 Å². The molecule has 12 heteroatoms. The summed E-state index contributed by atoms with van der Waals surface area (Å²) >= 11 is 0. The van der Waals surface area contributed by atoms with E-state index >= 15 is 0 Å². The number of fused-ring (bicyclic) bond motifs is 1. The number of imidazole rings is 1. The van der Waals surface area contributed by atoms with Crippen LogP contribution in [0.5, 0.6) is 0 Å². The van der Waals surface area contributed by atoms with Gasteiger partial charge in [0.15, 0.2) is 23.2 Å². The first kappa shape index (κ1) is 17.3. The monoisotopic (exact) mass is 354 g/mol. The zero-order valence-electron chi connectivity index (χ0n) is 13.4. The van der Waals surface area contributed by atoms with Gasteiger partial charge in [0.1, 0.15) is 24.1 Å². The average molecular weight is 354 g/mol. The summed E-state index contributed by atoms with van der Waals surface area (Å²) in [4.78, 5) is 23.4. The molecule has 0 aromatic carbocycles. The Balaban J connectivity index is 1.95. The normalized spacial score (nSPS) is 28.9. The maximum Gasteiger partial charge on any atom is 0.425 e. The largest absolute Gasteiger partial charge is 0.452 e. The molecule has 3 rings (SSSR count). The Morgan fingerprint density at radius 3 is 2.88 bits per heavy atom. The molecule has 1 saturated heterocycles. The molecule has 1 fully saturated rings. The third-order valence-corrected chi connectivity index (χ3v) is 4.01. The van der Waals surface area contributed by atoms with E-state index in [0.29, 0.717) is 11.2 Å². The van der Waals surface area contributed by atoms with Crippen LogP contribution in [0, 0.1) is 0 Å². The molecule has 0 unspecified atom stereocenters. The summed E-state index contributed by atoms with van der Waals surface area (Å²) in [6.45, 7) is 0.939. The highest BCUT2D eigenvalue weighted by Crippen LogP contribution is 2.39. The Bertz CT molecular complexity index is 779. The molecule has 1 aliphatic heterocycles. The maximum atomic E-state index is 11.2. The van der Waals surface area contributed by atoms with Crippen molar-refractivity contribution in [3.05, 3.63) is 12.7 Å². The molecule has 25 heavy (non-hydrogen) atoms. The first-order valence-electron chi connectivity index (χ1n) is 7.34. The number of hydrazine groups is 1. The van der Waals surface area contributed by atoms with E-state index < -0.39 is 36.7 Å². The Morgan fingerprint density at radius 2 is 2.24 bits per heavy atom. The van der Waals surface area contributed by atoms with Gasteiger partial charge in [-0.25, -0.2) is 25.2 Å². The van der Waals surface area contributed by atoms with Crippen molar-refractivity contribution in [2.75, 3.05) is 19.1 Å². The zero-order chi connectivity index (χ0) is 18.2. The van der Waals surface area contributed by atoms with Crippen LogP contribution in [-0.2, 0) is 9.47 Å². The van der Waals surface area contributed by atoms with Crippen LogP contribution in [0.4, 0.5) is 10.6 Å². The highest BCUT2D eigenvalue weighted by Gasteiger charge is 2.53. The van der Waals surface area contributed by atoms with E-state index in [0.717, 1.165) is 0 Å². The molecule has 136 valence electrons. The van der Waals surface area contributed by atoms with Crippen LogP contribution in [0.25, 0.3) is 11.2 Å². The molecule has 3 heterocycles. The lowest BCUT2D eigenvalue weighted by atomic mass is 9.96. The second-order valence-corrected chi connectivity index (χ2v) is 5.67. The van der Waals surface area contributed by atoms with Gasteiger partial charge in [0.05, 0.1) is 20.0 Å². The van der Waals surface area contributed by atoms with Crippen molar-refractivity contribution in [2.45, 2.75) is 31.0 Å². The van der Waals surface area contributed by atoms with E-state index in [9.17, 15) is 20.1 Å². The quantitative estimate of drug-likeness (QED) is 0.409. The van der Waals surface area contributed by atoms with Gasteiger partial charge in [-0.1, -0.05) is 0 Å². The minimum atomic E-state index is -1.68. The summed E-state index contributed by atoms with van der Waals surface area (Å²) in [6, 6.07) is 0. The number of amides is 1. The molecule has 2 aromatic rings. The molecule has 0 aliphatic carbocycles. The molecule has 4 atom stereocenters. The zero-order valence-corrected chi connectivity index (χ0v) is 13.4. The van der Waals surface area contributed by atoms with Crippen molar-refractivity contribution in [3.8, 4) is 0 Å². The molecular weight excluding hydrogens is 336 g/mol. The van der Waals surface area contributed by atoms with Crippen LogP contribution in [0.3, 0.4) is 0 Å². The molecule has 2 aromatic heterocycles. The minimum absolute atomic E-state index is 0.200. The van der Waals surface area contributed by atoms with E-state index in [1.165, 1.54) is 31.3 Å². The van der Waals surface area contributed by atoms with Crippen LogP contribution >= 0.6 is 0 Å². The standard InChI is InChI=1S/C13H18N6O6/c1-13(23)8(21)6(3-20)25-11(13)19-5-16-7-9(14-4-15-10(7)19)17-18-12(22)24-2/h4-6,8,11,20-21,23H,3H2,1-2H3,(H,18,22)(H,14,15,17)/t6-,8-,11-,13-/m1/s1. The molecule has 1 amide bonds.